The summed E-state index contributed by atoms with van der Waals surface area (Å²) in [7, 11) is 0. The van der Waals surface area contributed by atoms with Crippen molar-refractivity contribution in [3.05, 3.63) is 109 Å². The van der Waals surface area contributed by atoms with Gasteiger partial charge in [0.15, 0.2) is 0 Å². The second-order valence-corrected chi connectivity index (χ2v) is 13.4. The first-order chi connectivity index (χ1) is 21.7. The molecule has 0 radical (unpaired) electrons. The molecule has 0 bridgehead atoms. The van der Waals surface area contributed by atoms with Gasteiger partial charge in [-0.1, -0.05) is 75.4 Å². The summed E-state index contributed by atoms with van der Waals surface area (Å²) < 4.78 is 84.0. The van der Waals surface area contributed by atoms with Crippen LogP contribution in [0.25, 0.3) is 0 Å². The first kappa shape index (κ1) is 32.1. The number of halogens is 7. The Labute approximate surface area is 272 Å². The third-order valence-corrected chi connectivity index (χ3v) is 10.7. The van der Waals surface area contributed by atoms with E-state index in [1.54, 1.807) is 24.3 Å². The lowest BCUT2D eigenvalue weighted by Crippen LogP contribution is -2.33. The fourth-order valence-electron chi connectivity index (χ4n) is 5.60. The van der Waals surface area contributed by atoms with Crippen molar-refractivity contribution >= 4 is 68.1 Å². The average molecular weight is 743 g/mol. The summed E-state index contributed by atoms with van der Waals surface area (Å²) in [5.41, 5.74) is -2.93. The molecule has 3 heterocycles. The van der Waals surface area contributed by atoms with Crippen molar-refractivity contribution in [3.63, 3.8) is 0 Å². The number of alkyl halides is 6. The number of hydrogen-bond donors (Lipinski definition) is 1. The average Bonchev–Trinajstić information content (AvgIpc) is 3.43. The number of anilines is 2. The molecule has 1 saturated heterocycles. The van der Waals surface area contributed by atoms with Crippen LogP contribution in [-0.2, 0) is 33.3 Å². The highest BCUT2D eigenvalue weighted by molar-refractivity contribution is 9.10. The van der Waals surface area contributed by atoms with Crippen LogP contribution in [0.1, 0.15) is 27.5 Å². The Bertz CT molecular complexity index is 1940. The second-order valence-electron chi connectivity index (χ2n) is 10.3. The largest absolute Gasteiger partial charge is 0.418 e. The Morgan fingerprint density at radius 1 is 0.826 bits per heavy atom. The number of imide groups is 1. The van der Waals surface area contributed by atoms with Gasteiger partial charge in [0.2, 0.25) is 17.7 Å². The fourth-order valence-corrected chi connectivity index (χ4v) is 8.64. The van der Waals surface area contributed by atoms with Crippen LogP contribution in [0.2, 0.25) is 0 Å². The number of fused-ring (bicyclic) bond motifs is 2. The second kappa shape index (κ2) is 11.7. The Balaban J connectivity index is 1.42. The van der Waals surface area contributed by atoms with Gasteiger partial charge in [-0.05, 0) is 42.0 Å². The number of carbonyl (C=O) groups excluding carboxylic acids is 3. The summed E-state index contributed by atoms with van der Waals surface area (Å²) in [5.74, 6) is -4.94. The molecule has 16 heteroatoms. The Morgan fingerprint density at radius 2 is 1.43 bits per heavy atom. The van der Waals surface area contributed by atoms with Crippen molar-refractivity contribution in [2.75, 3.05) is 10.2 Å². The molecule has 2 aliphatic rings. The van der Waals surface area contributed by atoms with E-state index in [1.807, 2.05) is 0 Å². The molecule has 1 N–H and O–H groups in total. The van der Waals surface area contributed by atoms with Crippen LogP contribution in [0.3, 0.4) is 0 Å². The summed E-state index contributed by atoms with van der Waals surface area (Å²) in [6.45, 7) is -0.725. The van der Waals surface area contributed by atoms with Gasteiger partial charge in [0, 0.05) is 15.3 Å². The number of carbonyl (C=O) groups is 3. The van der Waals surface area contributed by atoms with E-state index in [2.05, 4.69) is 21.2 Å². The molecule has 3 aromatic carbocycles. The predicted octanol–water partition coefficient (Wildman–Crippen LogP) is 7.14. The maximum atomic E-state index is 14.0. The van der Waals surface area contributed by atoms with Crippen molar-refractivity contribution in [2.45, 2.75) is 35.1 Å². The van der Waals surface area contributed by atoms with Gasteiger partial charge in [0.25, 0.3) is 0 Å². The van der Waals surface area contributed by atoms with Crippen molar-refractivity contribution in [1.82, 2.24) is 4.57 Å². The lowest BCUT2D eigenvalue weighted by atomic mass is 9.83. The SMILES string of the molecule is O=C(Cn1c2c(sc1=O)C(c1ccc(Br)cc1)C1C(=O)N(c3ccccc3C(F)(F)F)C(=O)C1S2)Nc1ccccc1C(F)(F)F. The molecule has 6 rings (SSSR count). The van der Waals surface area contributed by atoms with Crippen LogP contribution < -0.4 is 15.1 Å². The predicted molar refractivity (Wildman–Crippen MR) is 162 cm³/mol. The van der Waals surface area contributed by atoms with Crippen LogP contribution >= 0.6 is 39.0 Å². The number of benzene rings is 3. The number of thiazole rings is 1. The number of para-hydroxylation sites is 2. The normalized spacial score (nSPS) is 19.6. The van der Waals surface area contributed by atoms with E-state index >= 15 is 0 Å². The van der Waals surface area contributed by atoms with Gasteiger partial charge in [-0.15, -0.1) is 0 Å². The summed E-state index contributed by atoms with van der Waals surface area (Å²) in [5, 5.41) is 1.03. The highest BCUT2D eigenvalue weighted by atomic mass is 79.9. The molecule has 7 nitrogen and oxygen atoms in total. The Kier molecular flexibility index (Phi) is 8.17. The monoisotopic (exact) mass is 741 g/mol. The quantitative estimate of drug-likeness (QED) is 0.174. The molecule has 0 aliphatic carbocycles. The summed E-state index contributed by atoms with van der Waals surface area (Å²) in [4.78, 5) is 54.2. The van der Waals surface area contributed by atoms with Gasteiger partial charge in [0.1, 0.15) is 11.8 Å². The zero-order valence-corrected chi connectivity index (χ0v) is 26.1. The van der Waals surface area contributed by atoms with Crippen molar-refractivity contribution < 1.29 is 40.7 Å². The standard InChI is InChI=1S/C30H18BrF6N3O4S2/c31-15-11-9-14(10-12-15)21-22-23(26(43)40(25(22)42)19-8-4-2-6-17(19)30(35,36)37)45-27-24(21)46-28(44)39(27)13-20(41)38-18-7-3-1-5-16(18)29(32,33)34/h1-12,21-23H,13H2,(H,38,41). The molecule has 1 aromatic heterocycles. The van der Waals surface area contributed by atoms with Crippen LogP contribution in [0.15, 0.2) is 87.1 Å². The maximum absolute atomic E-state index is 14.0. The van der Waals surface area contributed by atoms with E-state index in [4.69, 9.17) is 0 Å². The van der Waals surface area contributed by atoms with Gasteiger partial charge >= 0.3 is 17.2 Å². The molecular formula is C30H18BrF6N3O4S2. The zero-order chi connectivity index (χ0) is 33.1. The maximum Gasteiger partial charge on any atom is 0.418 e. The van der Waals surface area contributed by atoms with E-state index in [0.717, 1.165) is 52.7 Å². The third-order valence-electron chi connectivity index (χ3n) is 7.54. The number of nitrogens with one attached hydrogen (secondary N) is 1. The van der Waals surface area contributed by atoms with E-state index < -0.39 is 81.1 Å². The van der Waals surface area contributed by atoms with Crippen LogP contribution in [0.4, 0.5) is 37.7 Å². The van der Waals surface area contributed by atoms with Gasteiger partial charge in [-0.3, -0.25) is 23.7 Å². The van der Waals surface area contributed by atoms with E-state index in [-0.39, 0.29) is 5.03 Å². The molecule has 2 aliphatic heterocycles. The van der Waals surface area contributed by atoms with E-state index in [9.17, 15) is 45.5 Å². The minimum atomic E-state index is -4.87. The first-order valence-electron chi connectivity index (χ1n) is 13.3. The molecular weight excluding hydrogens is 724 g/mol. The highest BCUT2D eigenvalue weighted by Gasteiger charge is 2.57. The number of hydrogen-bond acceptors (Lipinski definition) is 6. The van der Waals surface area contributed by atoms with Crippen molar-refractivity contribution in [1.29, 1.82) is 0 Å². The third kappa shape index (κ3) is 5.66. The van der Waals surface area contributed by atoms with Gasteiger partial charge in [0.05, 0.1) is 33.4 Å². The number of nitrogens with zero attached hydrogens (tertiary/aromatic N) is 2. The Hall–Kier alpha value is -3.89. The summed E-state index contributed by atoms with van der Waals surface area (Å²) in [6.07, 6.45) is -9.64. The molecule has 0 spiro atoms. The van der Waals surface area contributed by atoms with Crippen molar-refractivity contribution in [3.8, 4) is 0 Å². The Morgan fingerprint density at radius 3 is 2.09 bits per heavy atom. The van der Waals surface area contributed by atoms with Crippen LogP contribution in [0, 0.1) is 5.92 Å². The number of amides is 3. The summed E-state index contributed by atoms with van der Waals surface area (Å²) >= 11 is 4.78. The van der Waals surface area contributed by atoms with Crippen LogP contribution in [-0.4, -0.2) is 27.5 Å². The number of thioether (sulfide) groups is 1. The van der Waals surface area contributed by atoms with E-state index in [1.165, 1.54) is 12.1 Å². The van der Waals surface area contributed by atoms with Gasteiger partial charge in [-0.2, -0.15) is 26.3 Å². The minimum Gasteiger partial charge on any atom is -0.324 e. The summed E-state index contributed by atoms with van der Waals surface area (Å²) in [6, 6.07) is 15.1. The number of aromatic nitrogens is 1. The molecule has 3 atom stereocenters. The number of rotatable bonds is 5. The minimum absolute atomic E-state index is 0.121. The molecule has 238 valence electrons. The van der Waals surface area contributed by atoms with Crippen LogP contribution in [0.5, 0.6) is 0 Å². The molecule has 4 aromatic rings. The molecule has 1 fully saturated rings. The fraction of sp³-hybridized carbons (Fsp3) is 0.200. The zero-order valence-electron chi connectivity index (χ0n) is 22.9. The molecule has 3 amide bonds. The highest BCUT2D eigenvalue weighted by Crippen LogP contribution is 2.54. The lowest BCUT2D eigenvalue weighted by molar-refractivity contribution is -0.138. The van der Waals surface area contributed by atoms with Crippen molar-refractivity contribution in [2.24, 2.45) is 5.92 Å². The lowest BCUT2D eigenvalue weighted by Gasteiger charge is -2.30. The van der Waals surface area contributed by atoms with E-state index in [0.29, 0.717) is 31.2 Å². The smallest absolute Gasteiger partial charge is 0.324 e. The van der Waals surface area contributed by atoms with Gasteiger partial charge in [-0.25, -0.2) is 4.90 Å². The molecule has 0 saturated carbocycles. The molecule has 3 unspecified atom stereocenters. The first-order valence-corrected chi connectivity index (χ1v) is 15.8. The topological polar surface area (TPSA) is 88.5 Å². The van der Waals surface area contributed by atoms with Gasteiger partial charge < -0.3 is 5.32 Å². The molecule has 46 heavy (non-hydrogen) atoms.